The molecular weight excluding hydrogens is 361 g/mol. The van der Waals surface area contributed by atoms with E-state index in [-0.39, 0.29) is 6.54 Å². The number of nitriles is 1. The Bertz CT molecular complexity index is 830. The van der Waals surface area contributed by atoms with E-state index >= 15 is 0 Å². The minimum atomic E-state index is -4.88. The number of hydrogen-bond donors (Lipinski definition) is 1. The number of benzene rings is 1. The molecule has 1 heterocycles. The number of piperidine rings is 1. The van der Waals surface area contributed by atoms with Crippen LogP contribution in [0.3, 0.4) is 0 Å². The first-order valence-corrected chi connectivity index (χ1v) is 8.78. The average Bonchev–Trinajstić information content (AvgIpc) is 2.53. The molecule has 1 aromatic rings. The number of hydrogen-bond acceptors (Lipinski definition) is 4. The van der Waals surface area contributed by atoms with E-state index in [2.05, 4.69) is 0 Å². The number of carbonyl (C=O) groups is 1. The highest BCUT2D eigenvalue weighted by molar-refractivity contribution is 7.89. The summed E-state index contributed by atoms with van der Waals surface area (Å²) < 4.78 is 65.5. The van der Waals surface area contributed by atoms with Crippen molar-refractivity contribution in [1.29, 1.82) is 5.26 Å². The normalized spacial score (nSPS) is 22.4. The van der Waals surface area contributed by atoms with Crippen LogP contribution in [0.4, 0.5) is 13.2 Å². The predicted molar refractivity (Wildman–Crippen MR) is 79.9 cm³/mol. The third-order valence-corrected chi connectivity index (χ3v) is 6.17. The minimum Gasteiger partial charge on any atom is -0.481 e. The van der Waals surface area contributed by atoms with Crippen molar-refractivity contribution in [2.45, 2.75) is 36.9 Å². The smallest absolute Gasteiger partial charge is 0.417 e. The van der Waals surface area contributed by atoms with Crippen molar-refractivity contribution in [3.05, 3.63) is 29.3 Å². The van der Waals surface area contributed by atoms with Crippen LogP contribution in [-0.4, -0.2) is 36.4 Å². The summed E-state index contributed by atoms with van der Waals surface area (Å²) in [6.07, 6.45) is -4.30. The SMILES string of the molecule is CC1CCC(C(=O)O)CN1S(=O)(=O)c1ccc(C#N)c(C(F)(F)F)c1. The van der Waals surface area contributed by atoms with Gasteiger partial charge in [0.1, 0.15) is 0 Å². The van der Waals surface area contributed by atoms with Gasteiger partial charge in [0.25, 0.3) is 0 Å². The summed E-state index contributed by atoms with van der Waals surface area (Å²) in [7, 11) is -4.32. The van der Waals surface area contributed by atoms with Gasteiger partial charge < -0.3 is 5.11 Å². The van der Waals surface area contributed by atoms with Crippen molar-refractivity contribution < 1.29 is 31.5 Å². The maximum atomic E-state index is 13.1. The zero-order valence-electron chi connectivity index (χ0n) is 13.1. The summed E-state index contributed by atoms with van der Waals surface area (Å²) >= 11 is 0. The molecule has 136 valence electrons. The van der Waals surface area contributed by atoms with Gasteiger partial charge in [0.2, 0.25) is 10.0 Å². The van der Waals surface area contributed by atoms with Crippen LogP contribution in [0.2, 0.25) is 0 Å². The molecule has 1 saturated heterocycles. The number of halogens is 3. The second-order valence-corrected chi connectivity index (χ2v) is 7.74. The molecule has 0 saturated carbocycles. The molecule has 1 aliphatic heterocycles. The van der Waals surface area contributed by atoms with Crippen molar-refractivity contribution >= 4 is 16.0 Å². The first kappa shape index (κ1) is 19.2. The molecule has 1 fully saturated rings. The molecule has 0 spiro atoms. The Morgan fingerprint density at radius 3 is 2.52 bits per heavy atom. The summed E-state index contributed by atoms with van der Waals surface area (Å²) in [5.74, 6) is -2.06. The van der Waals surface area contributed by atoms with Crippen LogP contribution in [0.5, 0.6) is 0 Å². The molecule has 6 nitrogen and oxygen atoms in total. The summed E-state index contributed by atoms with van der Waals surface area (Å²) in [5.41, 5.74) is -2.02. The molecule has 0 bridgehead atoms. The van der Waals surface area contributed by atoms with Gasteiger partial charge in [0.05, 0.1) is 28.0 Å². The molecule has 0 aromatic heterocycles. The van der Waals surface area contributed by atoms with E-state index in [0.717, 1.165) is 16.4 Å². The van der Waals surface area contributed by atoms with Gasteiger partial charge in [-0.05, 0) is 38.0 Å². The Morgan fingerprint density at radius 2 is 2.00 bits per heavy atom. The first-order chi connectivity index (χ1) is 11.5. The van der Waals surface area contributed by atoms with Crippen LogP contribution < -0.4 is 0 Å². The monoisotopic (exact) mass is 376 g/mol. The summed E-state index contributed by atoms with van der Waals surface area (Å²) in [4.78, 5) is 10.5. The van der Waals surface area contributed by atoms with Crippen LogP contribution in [-0.2, 0) is 21.0 Å². The van der Waals surface area contributed by atoms with Gasteiger partial charge in [0, 0.05) is 12.6 Å². The quantitative estimate of drug-likeness (QED) is 0.874. The molecular formula is C15H15F3N2O4S. The first-order valence-electron chi connectivity index (χ1n) is 7.34. The number of carboxylic acids is 1. The van der Waals surface area contributed by atoms with Crippen LogP contribution in [0.1, 0.15) is 30.9 Å². The molecule has 0 aliphatic carbocycles. The maximum absolute atomic E-state index is 13.1. The lowest BCUT2D eigenvalue weighted by molar-refractivity contribution is -0.143. The van der Waals surface area contributed by atoms with Gasteiger partial charge in [0.15, 0.2) is 0 Å². The predicted octanol–water partition coefficient (Wildman–Crippen LogP) is 2.45. The number of alkyl halides is 3. The molecule has 0 amide bonds. The highest BCUT2D eigenvalue weighted by atomic mass is 32.2. The maximum Gasteiger partial charge on any atom is 0.417 e. The van der Waals surface area contributed by atoms with Gasteiger partial charge in [-0.1, -0.05) is 0 Å². The average molecular weight is 376 g/mol. The van der Waals surface area contributed by atoms with Crippen molar-refractivity contribution in [3.8, 4) is 6.07 Å². The van der Waals surface area contributed by atoms with E-state index in [1.807, 2.05) is 0 Å². The van der Waals surface area contributed by atoms with Gasteiger partial charge in [-0.3, -0.25) is 4.79 Å². The Balaban J connectivity index is 2.49. The van der Waals surface area contributed by atoms with Gasteiger partial charge in [-0.15, -0.1) is 0 Å². The van der Waals surface area contributed by atoms with Crippen LogP contribution in [0.15, 0.2) is 23.1 Å². The lowest BCUT2D eigenvalue weighted by Crippen LogP contribution is -2.47. The minimum absolute atomic E-state index is 0.290. The highest BCUT2D eigenvalue weighted by Gasteiger charge is 2.39. The fourth-order valence-electron chi connectivity index (χ4n) is 2.76. The Labute approximate surface area is 142 Å². The number of nitrogens with zero attached hydrogens (tertiary/aromatic N) is 2. The standard InChI is InChI=1S/C15H15F3N2O4S/c1-9-2-3-11(14(21)22)8-20(9)25(23,24)12-5-4-10(7-19)13(6-12)15(16,17)18/h4-6,9,11H,2-3,8H2,1H3,(H,21,22). The Kier molecular flexibility index (Phi) is 5.11. The van der Waals surface area contributed by atoms with E-state index in [4.69, 9.17) is 10.4 Å². The zero-order valence-corrected chi connectivity index (χ0v) is 13.9. The topological polar surface area (TPSA) is 98.5 Å². The van der Waals surface area contributed by atoms with E-state index < -0.39 is 50.2 Å². The van der Waals surface area contributed by atoms with Crippen LogP contribution in [0.25, 0.3) is 0 Å². The molecule has 10 heteroatoms. The van der Waals surface area contributed by atoms with Crippen molar-refractivity contribution in [2.75, 3.05) is 6.54 Å². The highest BCUT2D eigenvalue weighted by Crippen LogP contribution is 2.35. The number of carboxylic acid groups (broad SMARTS) is 1. The van der Waals surface area contributed by atoms with E-state index in [9.17, 15) is 26.4 Å². The summed E-state index contributed by atoms with van der Waals surface area (Å²) in [6.45, 7) is 1.27. The van der Waals surface area contributed by atoms with E-state index in [1.165, 1.54) is 6.07 Å². The fourth-order valence-corrected chi connectivity index (χ4v) is 4.50. The summed E-state index contributed by atoms with van der Waals surface area (Å²) in [6, 6.07) is 3.01. The third-order valence-electron chi connectivity index (χ3n) is 4.20. The van der Waals surface area contributed by atoms with Crippen molar-refractivity contribution in [3.63, 3.8) is 0 Å². The van der Waals surface area contributed by atoms with Crippen LogP contribution in [0, 0.1) is 17.2 Å². The Morgan fingerprint density at radius 1 is 1.36 bits per heavy atom. The lowest BCUT2D eigenvalue weighted by Gasteiger charge is -2.35. The molecule has 25 heavy (non-hydrogen) atoms. The molecule has 0 radical (unpaired) electrons. The molecule has 1 aliphatic rings. The fraction of sp³-hybridized carbons (Fsp3) is 0.467. The second-order valence-electron chi connectivity index (χ2n) is 5.85. The molecule has 2 unspecified atom stereocenters. The van der Waals surface area contributed by atoms with Crippen molar-refractivity contribution in [2.24, 2.45) is 5.92 Å². The van der Waals surface area contributed by atoms with Gasteiger partial charge in [-0.2, -0.15) is 22.7 Å². The molecule has 1 aromatic carbocycles. The largest absolute Gasteiger partial charge is 0.481 e. The Hall–Kier alpha value is -2.12. The number of sulfonamides is 1. The zero-order chi connectivity index (χ0) is 19.0. The van der Waals surface area contributed by atoms with Crippen molar-refractivity contribution in [1.82, 2.24) is 4.31 Å². The summed E-state index contributed by atoms with van der Waals surface area (Å²) in [5, 5.41) is 17.9. The van der Waals surface area contributed by atoms with Crippen LogP contribution >= 0.6 is 0 Å². The van der Waals surface area contributed by atoms with Gasteiger partial charge >= 0.3 is 12.1 Å². The van der Waals surface area contributed by atoms with E-state index in [1.54, 1.807) is 6.92 Å². The third kappa shape index (κ3) is 3.77. The van der Waals surface area contributed by atoms with Gasteiger partial charge in [-0.25, -0.2) is 8.42 Å². The molecule has 1 N–H and O–H groups in total. The molecule has 2 rings (SSSR count). The second kappa shape index (κ2) is 6.65. The lowest BCUT2D eigenvalue weighted by atomic mass is 9.96. The molecule has 2 atom stereocenters. The number of aliphatic carboxylic acids is 1. The number of rotatable bonds is 3. The van der Waals surface area contributed by atoms with E-state index in [0.29, 0.717) is 18.9 Å².